The number of carbonyl (C=O) groups excluding carboxylic acids is 2. The van der Waals surface area contributed by atoms with Gasteiger partial charge in [0.25, 0.3) is 5.91 Å². The molecule has 0 fully saturated rings. The van der Waals surface area contributed by atoms with Crippen molar-refractivity contribution in [3.63, 3.8) is 0 Å². The minimum atomic E-state index is -0.716. The predicted octanol–water partition coefficient (Wildman–Crippen LogP) is 5.36. The summed E-state index contributed by atoms with van der Waals surface area (Å²) >= 11 is 18.3. The number of hydrogen-bond donors (Lipinski definition) is 1. The summed E-state index contributed by atoms with van der Waals surface area (Å²) in [4.78, 5) is 27.2. The van der Waals surface area contributed by atoms with Crippen LogP contribution in [0.5, 0.6) is 5.75 Å². The van der Waals surface area contributed by atoms with E-state index in [-0.39, 0.29) is 31.0 Å². The number of rotatable bonds is 9. The third kappa shape index (κ3) is 6.79. The molecule has 0 spiro atoms. The van der Waals surface area contributed by atoms with Crippen LogP contribution in [0.2, 0.25) is 15.1 Å². The zero-order valence-corrected chi connectivity index (χ0v) is 19.4. The van der Waals surface area contributed by atoms with Gasteiger partial charge >= 0.3 is 0 Å². The molecular weight excluding hydrogens is 447 g/mol. The molecule has 0 saturated carbocycles. The maximum atomic E-state index is 13.0. The van der Waals surface area contributed by atoms with Crippen LogP contribution in [-0.4, -0.2) is 35.4 Å². The van der Waals surface area contributed by atoms with Crippen LogP contribution in [0.4, 0.5) is 0 Å². The molecule has 1 N–H and O–H groups in total. The summed E-state index contributed by atoms with van der Waals surface area (Å²) in [6, 6.07) is 11.2. The number of benzene rings is 2. The average Bonchev–Trinajstić information content (AvgIpc) is 2.71. The summed E-state index contributed by atoms with van der Waals surface area (Å²) in [5.74, 6) is -0.272. The van der Waals surface area contributed by atoms with E-state index >= 15 is 0 Å². The van der Waals surface area contributed by atoms with E-state index in [0.29, 0.717) is 20.8 Å². The largest absolute Gasteiger partial charge is 0.482 e. The lowest BCUT2D eigenvalue weighted by molar-refractivity contribution is -0.142. The Morgan fingerprint density at radius 1 is 1.07 bits per heavy atom. The molecular formula is C22H25Cl3N2O3. The lowest BCUT2D eigenvalue weighted by atomic mass is 10.1. The third-order valence-electron chi connectivity index (χ3n) is 4.71. The first-order chi connectivity index (χ1) is 14.2. The molecule has 0 unspecified atom stereocenters. The topological polar surface area (TPSA) is 58.6 Å². The highest BCUT2D eigenvalue weighted by atomic mass is 35.5. The van der Waals surface area contributed by atoms with Gasteiger partial charge in [-0.25, -0.2) is 0 Å². The van der Waals surface area contributed by atoms with Crippen molar-refractivity contribution in [3.8, 4) is 5.75 Å². The van der Waals surface area contributed by atoms with Crippen molar-refractivity contribution >= 4 is 46.6 Å². The molecule has 0 aliphatic heterocycles. The van der Waals surface area contributed by atoms with Gasteiger partial charge in [-0.15, -0.1) is 0 Å². The van der Waals surface area contributed by atoms with Crippen molar-refractivity contribution in [2.24, 2.45) is 0 Å². The third-order valence-corrected chi connectivity index (χ3v) is 5.61. The molecule has 0 aliphatic rings. The van der Waals surface area contributed by atoms with E-state index < -0.39 is 6.04 Å². The van der Waals surface area contributed by atoms with Crippen LogP contribution in [0, 0.1) is 0 Å². The van der Waals surface area contributed by atoms with Gasteiger partial charge in [-0.05, 0) is 50.1 Å². The fourth-order valence-corrected chi connectivity index (χ4v) is 3.33. The summed E-state index contributed by atoms with van der Waals surface area (Å²) in [6.45, 7) is 5.46. The van der Waals surface area contributed by atoms with Crippen molar-refractivity contribution in [2.45, 2.75) is 45.8 Å². The van der Waals surface area contributed by atoms with Crippen LogP contribution in [0.25, 0.3) is 0 Å². The van der Waals surface area contributed by atoms with Gasteiger partial charge in [0.05, 0.1) is 5.02 Å². The summed E-state index contributed by atoms with van der Waals surface area (Å²) in [7, 11) is 0. The number of nitrogens with one attached hydrogen (secondary N) is 1. The van der Waals surface area contributed by atoms with Gasteiger partial charge in [-0.1, -0.05) is 59.9 Å². The Morgan fingerprint density at radius 3 is 2.40 bits per heavy atom. The number of amides is 2. The Balaban J connectivity index is 2.19. The molecule has 2 rings (SSSR count). The molecule has 0 aromatic heterocycles. The van der Waals surface area contributed by atoms with Gasteiger partial charge in [0.15, 0.2) is 6.61 Å². The molecule has 0 bridgehead atoms. The first-order valence-corrected chi connectivity index (χ1v) is 10.8. The zero-order chi connectivity index (χ0) is 22.3. The normalized spacial score (nSPS) is 12.7. The monoisotopic (exact) mass is 470 g/mol. The molecule has 5 nitrogen and oxygen atoms in total. The van der Waals surface area contributed by atoms with E-state index in [1.165, 1.54) is 11.0 Å². The van der Waals surface area contributed by atoms with Crippen LogP contribution in [-0.2, 0) is 16.1 Å². The van der Waals surface area contributed by atoms with Crippen LogP contribution in [0.15, 0.2) is 42.5 Å². The Labute approximate surface area is 192 Å². The van der Waals surface area contributed by atoms with E-state index in [4.69, 9.17) is 39.5 Å². The summed E-state index contributed by atoms with van der Waals surface area (Å²) in [6.07, 6.45) is 0.787. The van der Waals surface area contributed by atoms with Crippen LogP contribution < -0.4 is 10.1 Å². The number of halogens is 3. The fraction of sp³-hybridized carbons (Fsp3) is 0.364. The molecule has 2 aromatic rings. The second kappa shape index (κ2) is 11.4. The lowest BCUT2D eigenvalue weighted by Gasteiger charge is -2.30. The highest BCUT2D eigenvalue weighted by Gasteiger charge is 2.27. The molecule has 2 aromatic carbocycles. The Bertz CT molecular complexity index is 892. The lowest BCUT2D eigenvalue weighted by Crippen LogP contribution is -2.50. The molecule has 0 radical (unpaired) electrons. The van der Waals surface area contributed by atoms with Gasteiger partial charge < -0.3 is 15.0 Å². The van der Waals surface area contributed by atoms with Crippen LogP contribution >= 0.6 is 34.8 Å². The van der Waals surface area contributed by atoms with Crippen molar-refractivity contribution in [3.05, 3.63) is 63.1 Å². The zero-order valence-electron chi connectivity index (χ0n) is 17.1. The molecule has 0 heterocycles. The molecule has 8 heteroatoms. The SMILES string of the molecule is CC[C@@H](C)NC(=O)[C@@H](C)N(Cc1ccccc1Cl)C(=O)COc1ccc(Cl)cc1Cl. The van der Waals surface area contributed by atoms with Crippen LogP contribution in [0.1, 0.15) is 32.8 Å². The van der Waals surface area contributed by atoms with E-state index in [9.17, 15) is 9.59 Å². The summed E-state index contributed by atoms with van der Waals surface area (Å²) in [5.41, 5.74) is 0.736. The minimum absolute atomic E-state index is 0.00124. The van der Waals surface area contributed by atoms with E-state index in [1.807, 2.05) is 32.0 Å². The standard InChI is InChI=1S/C22H25Cl3N2O3/c1-4-14(2)26-22(29)15(3)27(12-16-7-5-6-8-18(16)24)21(28)13-30-20-10-9-17(23)11-19(20)25/h5-11,14-15H,4,12-13H2,1-3H3,(H,26,29)/t14-,15-/m1/s1. The second-order valence-corrected chi connectivity index (χ2v) is 8.22. The number of hydrogen-bond acceptors (Lipinski definition) is 3. The van der Waals surface area contributed by atoms with E-state index in [1.54, 1.807) is 25.1 Å². The predicted molar refractivity (Wildman–Crippen MR) is 121 cm³/mol. The fourth-order valence-electron chi connectivity index (χ4n) is 2.67. The molecule has 30 heavy (non-hydrogen) atoms. The highest BCUT2D eigenvalue weighted by molar-refractivity contribution is 6.35. The van der Waals surface area contributed by atoms with Crippen molar-refractivity contribution in [2.75, 3.05) is 6.61 Å². The van der Waals surface area contributed by atoms with E-state index in [0.717, 1.165) is 12.0 Å². The van der Waals surface area contributed by atoms with Crippen molar-refractivity contribution < 1.29 is 14.3 Å². The Hall–Kier alpha value is -1.95. The molecule has 2 atom stereocenters. The van der Waals surface area contributed by atoms with Gasteiger partial charge in [-0.2, -0.15) is 0 Å². The van der Waals surface area contributed by atoms with Gasteiger partial charge in [-0.3, -0.25) is 9.59 Å². The van der Waals surface area contributed by atoms with Gasteiger partial charge in [0.1, 0.15) is 11.8 Å². The average molecular weight is 472 g/mol. The van der Waals surface area contributed by atoms with Gasteiger partial charge in [0.2, 0.25) is 5.91 Å². The number of ether oxygens (including phenoxy) is 1. The minimum Gasteiger partial charge on any atom is -0.482 e. The second-order valence-electron chi connectivity index (χ2n) is 6.97. The highest BCUT2D eigenvalue weighted by Crippen LogP contribution is 2.27. The smallest absolute Gasteiger partial charge is 0.261 e. The first-order valence-electron chi connectivity index (χ1n) is 9.64. The molecule has 162 valence electrons. The first kappa shape index (κ1) is 24.3. The summed E-state index contributed by atoms with van der Waals surface area (Å²) in [5, 5.41) is 4.20. The molecule has 0 saturated heterocycles. The Kier molecular flexibility index (Phi) is 9.28. The van der Waals surface area contributed by atoms with Crippen LogP contribution in [0.3, 0.4) is 0 Å². The quantitative estimate of drug-likeness (QED) is 0.536. The number of nitrogens with zero attached hydrogens (tertiary/aromatic N) is 1. The van der Waals surface area contributed by atoms with Crippen molar-refractivity contribution in [1.29, 1.82) is 0 Å². The maximum Gasteiger partial charge on any atom is 0.261 e. The summed E-state index contributed by atoms with van der Waals surface area (Å²) < 4.78 is 5.59. The Morgan fingerprint density at radius 2 is 1.77 bits per heavy atom. The van der Waals surface area contributed by atoms with E-state index in [2.05, 4.69) is 5.32 Å². The molecule has 0 aliphatic carbocycles. The molecule has 2 amide bonds. The van der Waals surface area contributed by atoms with Gasteiger partial charge in [0, 0.05) is 22.6 Å². The van der Waals surface area contributed by atoms with Crippen molar-refractivity contribution in [1.82, 2.24) is 10.2 Å². The maximum absolute atomic E-state index is 13.0. The number of carbonyl (C=O) groups is 2.